The predicted molar refractivity (Wildman–Crippen MR) is 75.4 cm³/mol. The van der Waals surface area contributed by atoms with Crippen LogP contribution in [0.3, 0.4) is 0 Å². The van der Waals surface area contributed by atoms with E-state index in [0.29, 0.717) is 0 Å². The quantitative estimate of drug-likeness (QED) is 0.843. The number of rotatable bonds is 3. The monoisotopic (exact) mass is 344 g/mol. The van der Waals surface area contributed by atoms with E-state index >= 15 is 0 Å². The van der Waals surface area contributed by atoms with Gasteiger partial charge >= 0.3 is 6.18 Å². The van der Waals surface area contributed by atoms with Gasteiger partial charge in [-0.2, -0.15) is 13.2 Å². The van der Waals surface area contributed by atoms with Crippen LogP contribution in [0.2, 0.25) is 0 Å². The van der Waals surface area contributed by atoms with Crippen molar-refractivity contribution in [3.63, 3.8) is 0 Å². The Morgan fingerprint density at radius 2 is 1.80 bits per heavy atom. The van der Waals surface area contributed by atoms with E-state index in [-0.39, 0.29) is 11.9 Å². The van der Waals surface area contributed by atoms with Crippen LogP contribution in [-0.4, -0.2) is 4.98 Å². The summed E-state index contributed by atoms with van der Waals surface area (Å²) in [5, 5.41) is 2.96. The second-order valence-corrected chi connectivity index (χ2v) is 5.26. The molecule has 2 rings (SSSR count). The molecule has 0 bridgehead atoms. The van der Waals surface area contributed by atoms with Crippen LogP contribution in [0.5, 0.6) is 0 Å². The summed E-state index contributed by atoms with van der Waals surface area (Å²) in [4.78, 5) is 3.92. The lowest BCUT2D eigenvalue weighted by molar-refractivity contribution is -0.137. The molecule has 0 aliphatic rings. The van der Waals surface area contributed by atoms with Crippen molar-refractivity contribution in [2.24, 2.45) is 0 Å². The van der Waals surface area contributed by atoms with Crippen molar-refractivity contribution in [3.8, 4) is 0 Å². The molecule has 0 amide bonds. The van der Waals surface area contributed by atoms with Crippen LogP contribution in [0.25, 0.3) is 0 Å². The number of hydrogen-bond acceptors (Lipinski definition) is 2. The first kappa shape index (κ1) is 14.8. The molecule has 2 nitrogen and oxygen atoms in total. The third kappa shape index (κ3) is 3.72. The average Bonchev–Trinajstić information content (AvgIpc) is 2.38. The van der Waals surface area contributed by atoms with Gasteiger partial charge in [-0.05, 0) is 36.8 Å². The highest BCUT2D eigenvalue weighted by molar-refractivity contribution is 9.10. The zero-order valence-corrected chi connectivity index (χ0v) is 12.2. The van der Waals surface area contributed by atoms with Crippen LogP contribution < -0.4 is 5.32 Å². The zero-order valence-electron chi connectivity index (χ0n) is 10.6. The third-order valence-corrected chi connectivity index (χ3v) is 3.35. The van der Waals surface area contributed by atoms with Crippen LogP contribution in [0.1, 0.15) is 24.1 Å². The maximum atomic E-state index is 12.6. The van der Waals surface area contributed by atoms with Gasteiger partial charge in [0, 0.05) is 16.7 Å². The van der Waals surface area contributed by atoms with Crippen molar-refractivity contribution < 1.29 is 13.2 Å². The van der Waals surface area contributed by atoms with Crippen molar-refractivity contribution in [2.75, 3.05) is 5.32 Å². The highest BCUT2D eigenvalue weighted by Crippen LogP contribution is 2.30. The number of benzene rings is 1. The smallest absolute Gasteiger partial charge is 0.364 e. The molecule has 1 heterocycles. The second kappa shape index (κ2) is 5.83. The Labute approximate surface area is 123 Å². The minimum absolute atomic E-state index is 0.140. The third-order valence-electron chi connectivity index (χ3n) is 2.82. The van der Waals surface area contributed by atoms with Crippen molar-refractivity contribution in [3.05, 3.63) is 58.2 Å². The number of pyridine rings is 1. The maximum Gasteiger partial charge on any atom is 0.416 e. The van der Waals surface area contributed by atoms with E-state index in [0.717, 1.165) is 28.4 Å². The van der Waals surface area contributed by atoms with E-state index < -0.39 is 11.7 Å². The maximum absolute atomic E-state index is 12.6. The molecule has 2 aromatic rings. The lowest BCUT2D eigenvalue weighted by atomic mass is 10.1. The number of halogens is 4. The van der Waals surface area contributed by atoms with E-state index in [2.05, 4.69) is 26.2 Å². The van der Waals surface area contributed by atoms with Crippen LogP contribution in [0, 0.1) is 0 Å². The number of hydrogen-bond donors (Lipinski definition) is 1. The Hall–Kier alpha value is -1.56. The number of nitrogens with zero attached hydrogens (tertiary/aromatic N) is 1. The Morgan fingerprint density at radius 1 is 1.15 bits per heavy atom. The minimum Gasteiger partial charge on any atom is -0.364 e. The molecule has 1 aromatic heterocycles. The van der Waals surface area contributed by atoms with Gasteiger partial charge < -0.3 is 5.32 Å². The fraction of sp³-hybridized carbons (Fsp3) is 0.214. The van der Waals surface area contributed by atoms with E-state index in [9.17, 15) is 13.2 Å². The number of nitrogens with one attached hydrogen (secondary N) is 1. The molecule has 1 atom stereocenters. The van der Waals surface area contributed by atoms with Gasteiger partial charge in [0.1, 0.15) is 5.82 Å². The molecule has 1 aromatic carbocycles. The average molecular weight is 345 g/mol. The van der Waals surface area contributed by atoms with Gasteiger partial charge in [-0.3, -0.25) is 0 Å². The molecule has 1 N–H and O–H groups in total. The molecule has 0 aliphatic heterocycles. The molecule has 0 saturated heterocycles. The Bertz CT molecular complexity index is 582. The molecule has 0 aliphatic carbocycles. The first-order valence-electron chi connectivity index (χ1n) is 5.91. The Morgan fingerprint density at radius 3 is 2.40 bits per heavy atom. The van der Waals surface area contributed by atoms with Gasteiger partial charge in [0.2, 0.25) is 0 Å². The summed E-state index contributed by atoms with van der Waals surface area (Å²) in [7, 11) is 0. The van der Waals surface area contributed by atoms with Crippen LogP contribution in [0.4, 0.5) is 19.0 Å². The fourth-order valence-electron chi connectivity index (χ4n) is 1.74. The van der Waals surface area contributed by atoms with Crippen molar-refractivity contribution in [1.82, 2.24) is 4.98 Å². The standard InChI is InChI=1S/C14H12BrF3N2/c1-9(10-2-4-12(15)5-3-10)20-13-8-11(6-7-19-13)14(16,17)18/h2-9H,1H3,(H,19,20). The second-order valence-electron chi connectivity index (χ2n) is 4.35. The molecular weight excluding hydrogens is 333 g/mol. The van der Waals surface area contributed by atoms with Gasteiger partial charge in [-0.25, -0.2) is 4.98 Å². The van der Waals surface area contributed by atoms with Crippen LogP contribution >= 0.6 is 15.9 Å². The molecule has 0 fully saturated rings. The summed E-state index contributed by atoms with van der Waals surface area (Å²) in [6, 6.07) is 9.38. The molecule has 0 saturated carbocycles. The van der Waals surface area contributed by atoms with Crippen LogP contribution in [-0.2, 0) is 6.18 Å². The molecular formula is C14H12BrF3N2. The summed E-state index contributed by atoms with van der Waals surface area (Å²) >= 11 is 3.33. The number of alkyl halides is 3. The van der Waals surface area contributed by atoms with E-state index in [4.69, 9.17) is 0 Å². The summed E-state index contributed by atoms with van der Waals surface area (Å²) in [5.41, 5.74) is 0.255. The van der Waals surface area contributed by atoms with E-state index in [1.807, 2.05) is 31.2 Å². The molecule has 0 spiro atoms. The van der Waals surface area contributed by atoms with Gasteiger partial charge in [0.25, 0.3) is 0 Å². The van der Waals surface area contributed by atoms with Gasteiger partial charge in [0.05, 0.1) is 5.56 Å². The molecule has 106 valence electrons. The van der Waals surface area contributed by atoms with Crippen molar-refractivity contribution in [1.29, 1.82) is 0 Å². The minimum atomic E-state index is -4.36. The Balaban J connectivity index is 2.15. The summed E-state index contributed by atoms with van der Waals surface area (Å²) < 4.78 is 38.8. The van der Waals surface area contributed by atoms with Gasteiger partial charge in [-0.1, -0.05) is 28.1 Å². The lowest BCUT2D eigenvalue weighted by Crippen LogP contribution is -2.10. The molecule has 6 heteroatoms. The first-order valence-corrected chi connectivity index (χ1v) is 6.71. The lowest BCUT2D eigenvalue weighted by Gasteiger charge is -2.16. The molecule has 1 unspecified atom stereocenters. The van der Waals surface area contributed by atoms with Crippen LogP contribution in [0.15, 0.2) is 47.1 Å². The van der Waals surface area contributed by atoms with Gasteiger partial charge in [0.15, 0.2) is 0 Å². The normalized spacial score (nSPS) is 13.1. The van der Waals surface area contributed by atoms with E-state index in [1.165, 1.54) is 0 Å². The van der Waals surface area contributed by atoms with Crippen molar-refractivity contribution >= 4 is 21.7 Å². The van der Waals surface area contributed by atoms with Crippen molar-refractivity contribution in [2.45, 2.75) is 19.1 Å². The Kier molecular flexibility index (Phi) is 4.32. The summed E-state index contributed by atoms with van der Waals surface area (Å²) in [6.07, 6.45) is -3.21. The molecule has 0 radical (unpaired) electrons. The predicted octanol–water partition coefficient (Wildman–Crippen LogP) is 5.04. The fourth-order valence-corrected chi connectivity index (χ4v) is 2.01. The number of anilines is 1. The summed E-state index contributed by atoms with van der Waals surface area (Å²) in [5.74, 6) is 0.204. The van der Waals surface area contributed by atoms with Gasteiger partial charge in [-0.15, -0.1) is 0 Å². The largest absolute Gasteiger partial charge is 0.416 e. The summed E-state index contributed by atoms with van der Waals surface area (Å²) in [6.45, 7) is 1.87. The highest BCUT2D eigenvalue weighted by Gasteiger charge is 2.30. The topological polar surface area (TPSA) is 24.9 Å². The zero-order chi connectivity index (χ0) is 14.8. The molecule has 20 heavy (non-hydrogen) atoms. The first-order chi connectivity index (χ1) is 9.36. The van der Waals surface area contributed by atoms with E-state index in [1.54, 1.807) is 0 Å². The SMILES string of the molecule is CC(Nc1cc(C(F)(F)F)ccn1)c1ccc(Br)cc1. The highest BCUT2D eigenvalue weighted by atomic mass is 79.9. The number of aromatic nitrogens is 1.